The van der Waals surface area contributed by atoms with Gasteiger partial charge in [-0.05, 0) is 6.07 Å². The van der Waals surface area contributed by atoms with Crippen molar-refractivity contribution in [3.05, 3.63) is 28.1 Å². The van der Waals surface area contributed by atoms with Crippen molar-refractivity contribution in [1.29, 1.82) is 0 Å². The summed E-state index contributed by atoms with van der Waals surface area (Å²) >= 11 is 0. The van der Waals surface area contributed by atoms with Crippen molar-refractivity contribution in [3.63, 3.8) is 0 Å². The van der Waals surface area contributed by atoms with Gasteiger partial charge in [-0.2, -0.15) is 13.2 Å². The second-order valence-corrected chi connectivity index (χ2v) is 3.56. The third-order valence-electron chi connectivity index (χ3n) is 2.11. The lowest BCUT2D eigenvalue weighted by Crippen LogP contribution is -2.23. The van der Waals surface area contributed by atoms with Gasteiger partial charge in [-0.25, -0.2) is 4.98 Å². The second kappa shape index (κ2) is 5.80. The van der Waals surface area contributed by atoms with E-state index < -0.39 is 40.9 Å². The maximum atomic E-state index is 12.4. The Morgan fingerprint density at radius 3 is 2.63 bits per heavy atom. The van der Waals surface area contributed by atoms with Crippen LogP contribution in [0, 0.1) is 10.1 Å². The first-order valence-corrected chi connectivity index (χ1v) is 5.00. The minimum absolute atomic E-state index is 0.335. The molecule has 0 spiro atoms. The Balaban J connectivity index is 3.06. The Morgan fingerprint density at radius 1 is 1.53 bits per heavy atom. The lowest BCUT2D eigenvalue weighted by molar-refractivity contribution is -0.384. The highest BCUT2D eigenvalue weighted by molar-refractivity contribution is 5.61. The average Bonchev–Trinajstić information content (AvgIpc) is 2.34. The van der Waals surface area contributed by atoms with Crippen LogP contribution in [0.25, 0.3) is 0 Å². The predicted octanol–water partition coefficient (Wildman–Crippen LogP) is 0.774. The normalized spacial score (nSPS) is 13.1. The van der Waals surface area contributed by atoms with Gasteiger partial charge in [0.2, 0.25) is 0 Å². The third-order valence-corrected chi connectivity index (χ3v) is 2.11. The number of aromatic nitrogens is 1. The number of hydrogen-bond donors (Lipinski definition) is 3. The van der Waals surface area contributed by atoms with Crippen LogP contribution in [0.3, 0.4) is 0 Å². The number of alkyl halides is 3. The van der Waals surface area contributed by atoms with Gasteiger partial charge in [-0.3, -0.25) is 10.1 Å². The van der Waals surface area contributed by atoms with Crippen LogP contribution in [-0.4, -0.2) is 39.4 Å². The van der Waals surface area contributed by atoms with Gasteiger partial charge in [-0.15, -0.1) is 0 Å². The molecule has 1 aromatic heterocycles. The fourth-order valence-electron chi connectivity index (χ4n) is 1.18. The molecule has 0 bridgehead atoms. The Hall–Kier alpha value is -1.94. The standard InChI is InChI=1S/C9H10F3N3O4/c10-9(11,12)8-1-6(13-2-5(17)4-16)7(3-14-8)15(18)19/h1,3,5,16-17H,2,4H2,(H,13,14)/t5-/m0/s1. The highest BCUT2D eigenvalue weighted by Crippen LogP contribution is 2.32. The van der Waals surface area contributed by atoms with Crippen molar-refractivity contribution in [2.45, 2.75) is 12.3 Å². The zero-order valence-corrected chi connectivity index (χ0v) is 9.39. The Bertz CT molecular complexity index is 467. The maximum absolute atomic E-state index is 12.4. The van der Waals surface area contributed by atoms with E-state index in [2.05, 4.69) is 10.3 Å². The van der Waals surface area contributed by atoms with E-state index in [-0.39, 0.29) is 6.54 Å². The summed E-state index contributed by atoms with van der Waals surface area (Å²) in [7, 11) is 0. The maximum Gasteiger partial charge on any atom is 0.433 e. The van der Waals surface area contributed by atoms with Gasteiger partial charge in [0.1, 0.15) is 17.6 Å². The SMILES string of the molecule is O=[N+]([O-])c1cnc(C(F)(F)F)cc1NC[C@H](O)CO. The summed E-state index contributed by atoms with van der Waals surface area (Å²) in [6.07, 6.45) is -5.50. The molecule has 19 heavy (non-hydrogen) atoms. The first kappa shape index (κ1) is 15.1. The van der Waals surface area contributed by atoms with E-state index in [0.29, 0.717) is 12.3 Å². The van der Waals surface area contributed by atoms with Crippen LogP contribution >= 0.6 is 0 Å². The van der Waals surface area contributed by atoms with Crippen molar-refractivity contribution >= 4 is 11.4 Å². The molecule has 0 saturated heterocycles. The number of pyridine rings is 1. The Kier molecular flexibility index (Phi) is 4.62. The molecule has 7 nitrogen and oxygen atoms in total. The number of rotatable bonds is 5. The van der Waals surface area contributed by atoms with Gasteiger partial charge in [0.25, 0.3) is 0 Å². The molecule has 0 aliphatic heterocycles. The number of aliphatic hydroxyl groups excluding tert-OH is 2. The summed E-state index contributed by atoms with van der Waals surface area (Å²) in [5.41, 5.74) is -2.38. The van der Waals surface area contributed by atoms with E-state index in [9.17, 15) is 23.3 Å². The van der Waals surface area contributed by atoms with Crippen LogP contribution in [0.5, 0.6) is 0 Å². The molecular weight excluding hydrogens is 271 g/mol. The number of anilines is 1. The molecule has 0 fully saturated rings. The van der Waals surface area contributed by atoms with Gasteiger partial charge in [0.15, 0.2) is 0 Å². The molecule has 1 heterocycles. The summed E-state index contributed by atoms with van der Waals surface area (Å²) in [5, 5.41) is 30.5. The van der Waals surface area contributed by atoms with Gasteiger partial charge in [-0.1, -0.05) is 0 Å². The topological polar surface area (TPSA) is 109 Å². The van der Waals surface area contributed by atoms with Gasteiger partial charge < -0.3 is 15.5 Å². The summed E-state index contributed by atoms with van der Waals surface area (Å²) in [4.78, 5) is 12.7. The van der Waals surface area contributed by atoms with Crippen molar-refractivity contribution < 1.29 is 28.3 Å². The summed E-state index contributed by atoms with van der Waals surface area (Å²) in [6, 6.07) is 0.474. The Morgan fingerprint density at radius 2 is 2.16 bits per heavy atom. The lowest BCUT2D eigenvalue weighted by atomic mass is 10.2. The molecule has 0 aliphatic rings. The molecule has 0 radical (unpaired) electrons. The number of hydrogen-bond acceptors (Lipinski definition) is 6. The van der Waals surface area contributed by atoms with Gasteiger partial charge in [0.05, 0.1) is 17.6 Å². The molecule has 0 unspecified atom stereocenters. The first-order valence-electron chi connectivity index (χ1n) is 5.00. The molecule has 106 valence electrons. The fourth-order valence-corrected chi connectivity index (χ4v) is 1.18. The molecule has 1 atom stereocenters. The largest absolute Gasteiger partial charge is 0.433 e. The number of nitro groups is 1. The van der Waals surface area contributed by atoms with E-state index in [4.69, 9.17) is 10.2 Å². The third kappa shape index (κ3) is 4.03. The monoisotopic (exact) mass is 281 g/mol. The molecular formula is C9H10F3N3O4. The van der Waals surface area contributed by atoms with Crippen LogP contribution in [0.4, 0.5) is 24.5 Å². The molecule has 3 N–H and O–H groups in total. The minimum atomic E-state index is -4.73. The number of nitrogens with zero attached hydrogens (tertiary/aromatic N) is 2. The Labute approximate surface area is 104 Å². The smallest absolute Gasteiger partial charge is 0.394 e. The fraction of sp³-hybridized carbons (Fsp3) is 0.444. The van der Waals surface area contributed by atoms with E-state index in [0.717, 1.165) is 0 Å². The second-order valence-electron chi connectivity index (χ2n) is 3.56. The quantitative estimate of drug-likeness (QED) is 0.543. The van der Waals surface area contributed by atoms with E-state index in [1.165, 1.54) is 0 Å². The van der Waals surface area contributed by atoms with Crippen molar-refractivity contribution in [1.82, 2.24) is 4.98 Å². The molecule has 0 amide bonds. The van der Waals surface area contributed by atoms with E-state index in [1.807, 2.05) is 0 Å². The van der Waals surface area contributed by atoms with Crippen LogP contribution in [-0.2, 0) is 6.18 Å². The van der Waals surface area contributed by atoms with Crippen molar-refractivity contribution in [2.24, 2.45) is 0 Å². The average molecular weight is 281 g/mol. The summed E-state index contributed by atoms with van der Waals surface area (Å²) in [6.45, 7) is -0.962. The highest BCUT2D eigenvalue weighted by atomic mass is 19.4. The van der Waals surface area contributed by atoms with Crippen LogP contribution in [0.2, 0.25) is 0 Å². The predicted molar refractivity (Wildman–Crippen MR) is 57.5 cm³/mol. The van der Waals surface area contributed by atoms with Crippen molar-refractivity contribution in [3.8, 4) is 0 Å². The summed E-state index contributed by atoms with van der Waals surface area (Å²) < 4.78 is 37.2. The minimum Gasteiger partial charge on any atom is -0.394 e. The zero-order chi connectivity index (χ0) is 14.6. The van der Waals surface area contributed by atoms with Crippen LogP contribution in [0.15, 0.2) is 12.3 Å². The number of aliphatic hydroxyl groups is 2. The molecule has 10 heteroatoms. The van der Waals surface area contributed by atoms with Gasteiger partial charge >= 0.3 is 11.9 Å². The number of nitrogens with one attached hydrogen (secondary N) is 1. The van der Waals surface area contributed by atoms with Crippen LogP contribution in [0.1, 0.15) is 5.69 Å². The van der Waals surface area contributed by atoms with Crippen molar-refractivity contribution in [2.75, 3.05) is 18.5 Å². The number of halogens is 3. The van der Waals surface area contributed by atoms with Gasteiger partial charge in [0, 0.05) is 6.54 Å². The zero-order valence-electron chi connectivity index (χ0n) is 9.39. The molecule has 1 aromatic rings. The van der Waals surface area contributed by atoms with Crippen LogP contribution < -0.4 is 5.32 Å². The lowest BCUT2D eigenvalue weighted by Gasteiger charge is -2.12. The van der Waals surface area contributed by atoms with E-state index in [1.54, 1.807) is 0 Å². The highest BCUT2D eigenvalue weighted by Gasteiger charge is 2.34. The first-order chi connectivity index (χ1) is 8.75. The molecule has 0 aliphatic carbocycles. The van der Waals surface area contributed by atoms with E-state index >= 15 is 0 Å². The molecule has 0 aromatic carbocycles. The summed E-state index contributed by atoms with van der Waals surface area (Å²) in [5.74, 6) is 0. The molecule has 0 saturated carbocycles. The molecule has 1 rings (SSSR count).